The van der Waals surface area contributed by atoms with Crippen molar-refractivity contribution < 1.29 is 33.3 Å². The number of carbonyl (C=O) groups is 2. The van der Waals surface area contributed by atoms with Gasteiger partial charge in [-0.15, -0.1) is 0 Å². The number of hydrogen-bond donors (Lipinski definition) is 1. The van der Waals surface area contributed by atoms with Crippen molar-refractivity contribution in [3.05, 3.63) is 81.5 Å². The third kappa shape index (κ3) is 15.7. The summed E-state index contributed by atoms with van der Waals surface area (Å²) in [6.45, 7) is 9.47. The van der Waals surface area contributed by atoms with Gasteiger partial charge >= 0.3 is 0 Å². The molecule has 53 heavy (non-hydrogen) atoms. The van der Waals surface area contributed by atoms with E-state index in [1.165, 1.54) is 24.0 Å². The molecule has 1 amide bonds. The van der Waals surface area contributed by atoms with E-state index in [2.05, 4.69) is 38.1 Å². The van der Waals surface area contributed by atoms with E-state index in [0.29, 0.717) is 66.5 Å². The number of ether oxygens (including phenoxy) is 5. The van der Waals surface area contributed by atoms with Crippen molar-refractivity contribution >= 4 is 35.6 Å². The first-order valence-corrected chi connectivity index (χ1v) is 19.5. The van der Waals surface area contributed by atoms with Crippen LogP contribution in [0.25, 0.3) is 0 Å². The number of amides is 1. The number of pyridine rings is 1. The monoisotopic (exact) mass is 771 g/mol. The number of carbonyl (C=O) groups excluding carboxylic acids is 2. The Bertz CT molecular complexity index is 1510. The Labute approximate surface area is 324 Å². The third-order valence-corrected chi connectivity index (χ3v) is 9.45. The number of methoxy groups -OCH3 is 1. The van der Waals surface area contributed by atoms with Crippen LogP contribution in [0, 0.1) is 18.8 Å². The van der Waals surface area contributed by atoms with E-state index in [-0.39, 0.29) is 5.92 Å². The van der Waals surface area contributed by atoms with Crippen molar-refractivity contribution in [1.29, 1.82) is 0 Å². The molecule has 3 fully saturated rings. The number of piperidine rings is 1. The SMILES string of the molecule is CCOC=O.COCCCc1cc(CN(C(=O)[C@@H]2CCCNC2)C2CC2)cc(OCC2CC2)c1.Cc1cc(Cl)c(OCCOc2ccccn2)c(Cl)c1. The molecule has 2 aliphatic carbocycles. The number of nitrogens with one attached hydrogen (secondary N) is 1. The molecule has 2 saturated carbocycles. The Morgan fingerprint density at radius 1 is 0.962 bits per heavy atom. The van der Waals surface area contributed by atoms with Gasteiger partial charge in [0, 0.05) is 45.1 Å². The van der Waals surface area contributed by atoms with Gasteiger partial charge in [-0.25, -0.2) is 4.98 Å². The van der Waals surface area contributed by atoms with Gasteiger partial charge in [0.1, 0.15) is 19.0 Å². The molecule has 0 unspecified atom stereocenters. The third-order valence-electron chi connectivity index (χ3n) is 8.89. The van der Waals surface area contributed by atoms with Gasteiger partial charge in [0.05, 0.1) is 29.2 Å². The zero-order chi connectivity index (χ0) is 37.8. The Morgan fingerprint density at radius 3 is 2.32 bits per heavy atom. The summed E-state index contributed by atoms with van der Waals surface area (Å²) in [5, 5.41) is 4.40. The molecule has 0 radical (unpaired) electrons. The fraction of sp³-hybridized carbons (Fsp3) is 0.537. The first-order valence-electron chi connectivity index (χ1n) is 18.7. The van der Waals surface area contributed by atoms with E-state index in [4.69, 9.17) is 42.1 Å². The summed E-state index contributed by atoms with van der Waals surface area (Å²) < 4.78 is 26.4. The first-order chi connectivity index (χ1) is 25.8. The second kappa shape index (κ2) is 23.3. The molecule has 0 spiro atoms. The molecule has 1 N–H and O–H groups in total. The fourth-order valence-corrected chi connectivity index (χ4v) is 6.55. The maximum absolute atomic E-state index is 13.2. The lowest BCUT2D eigenvalue weighted by atomic mass is 9.97. The number of rotatable bonds is 18. The zero-order valence-corrected chi connectivity index (χ0v) is 32.8. The molecule has 6 rings (SSSR count). The summed E-state index contributed by atoms with van der Waals surface area (Å²) in [6.07, 6.45) is 10.6. The number of hydrogen-bond acceptors (Lipinski definition) is 9. The summed E-state index contributed by atoms with van der Waals surface area (Å²) >= 11 is 12.1. The number of aromatic nitrogens is 1. The molecule has 1 saturated heterocycles. The topological polar surface area (TPSA) is 108 Å². The highest BCUT2D eigenvalue weighted by Crippen LogP contribution is 2.35. The summed E-state index contributed by atoms with van der Waals surface area (Å²) in [4.78, 5) is 28.6. The molecule has 290 valence electrons. The number of nitrogens with zero attached hydrogens (tertiary/aromatic N) is 2. The molecule has 1 aromatic heterocycles. The van der Waals surface area contributed by atoms with E-state index in [1.807, 2.05) is 31.2 Å². The van der Waals surface area contributed by atoms with Gasteiger partial charge < -0.3 is 33.9 Å². The molecular formula is C41H55Cl2N3O7. The van der Waals surface area contributed by atoms with E-state index in [0.717, 1.165) is 82.1 Å². The van der Waals surface area contributed by atoms with Gasteiger partial charge in [0.15, 0.2) is 5.75 Å². The Hall–Kier alpha value is -3.57. The predicted molar refractivity (Wildman–Crippen MR) is 208 cm³/mol. The normalized spacial score (nSPS) is 16.2. The summed E-state index contributed by atoms with van der Waals surface area (Å²) in [5.41, 5.74) is 3.48. The quantitative estimate of drug-likeness (QED) is 0.102. The minimum atomic E-state index is 0.139. The molecule has 10 nitrogen and oxygen atoms in total. The number of benzene rings is 2. The number of aryl methyl sites for hydroxylation is 2. The van der Waals surface area contributed by atoms with E-state index < -0.39 is 0 Å². The van der Waals surface area contributed by atoms with Crippen molar-refractivity contribution in [3.8, 4) is 17.4 Å². The standard InChI is InChI=1S/C24H36N2O3.C14H13Cl2NO2.C3H6O2/c1-28-11-3-4-19-12-20(14-23(13-19)29-17-18-6-7-18)16-26(22-8-9-22)24(27)21-5-2-10-25-15-21;1-10-8-11(15)14(12(16)9-10)19-7-6-18-13-4-2-3-5-17-13;1-2-5-3-4/h12-14,18,21-22,25H,2-11,15-17H2,1H3;2-5,8-9H,6-7H2,1H3;3H,2H2,1H3/t21-;;/m1../s1. The summed E-state index contributed by atoms with van der Waals surface area (Å²) in [5.74, 6) is 3.22. The minimum absolute atomic E-state index is 0.139. The Kier molecular flexibility index (Phi) is 18.5. The molecule has 1 atom stereocenters. The molecule has 1 aliphatic heterocycles. The molecule has 2 aromatic carbocycles. The Morgan fingerprint density at radius 2 is 1.72 bits per heavy atom. The highest BCUT2D eigenvalue weighted by molar-refractivity contribution is 6.37. The van der Waals surface area contributed by atoms with Crippen LogP contribution in [-0.4, -0.2) is 81.5 Å². The molecule has 3 aromatic rings. The molecule has 2 heterocycles. The van der Waals surface area contributed by atoms with Crippen LogP contribution in [-0.2, 0) is 32.0 Å². The molecule has 12 heteroatoms. The van der Waals surface area contributed by atoms with Gasteiger partial charge in [0.2, 0.25) is 11.8 Å². The fourth-order valence-electron chi connectivity index (χ4n) is 5.85. The van der Waals surface area contributed by atoms with Crippen molar-refractivity contribution in [2.75, 3.05) is 53.2 Å². The molecular weight excluding hydrogens is 717 g/mol. The number of halogens is 2. The Balaban J connectivity index is 0.000000225. The lowest BCUT2D eigenvalue weighted by Gasteiger charge is -2.30. The van der Waals surface area contributed by atoms with E-state index >= 15 is 0 Å². The highest BCUT2D eigenvalue weighted by atomic mass is 35.5. The predicted octanol–water partition coefficient (Wildman–Crippen LogP) is 7.88. The van der Waals surface area contributed by atoms with Crippen LogP contribution in [0.2, 0.25) is 10.0 Å². The van der Waals surface area contributed by atoms with Crippen LogP contribution in [0.3, 0.4) is 0 Å². The lowest BCUT2D eigenvalue weighted by molar-refractivity contribution is -0.137. The smallest absolute Gasteiger partial charge is 0.293 e. The van der Waals surface area contributed by atoms with Gasteiger partial charge in [-0.2, -0.15) is 0 Å². The highest BCUT2D eigenvalue weighted by Gasteiger charge is 2.36. The van der Waals surface area contributed by atoms with Gasteiger partial charge in [0.25, 0.3) is 6.47 Å². The van der Waals surface area contributed by atoms with Crippen molar-refractivity contribution in [2.45, 2.75) is 77.8 Å². The maximum Gasteiger partial charge on any atom is 0.293 e. The van der Waals surface area contributed by atoms with Crippen molar-refractivity contribution in [2.24, 2.45) is 11.8 Å². The van der Waals surface area contributed by atoms with Gasteiger partial charge in [-0.3, -0.25) is 9.59 Å². The first kappa shape index (κ1) is 42.2. The second-order valence-corrected chi connectivity index (χ2v) is 14.4. The average Bonchev–Trinajstić information content (AvgIpc) is 4.10. The summed E-state index contributed by atoms with van der Waals surface area (Å²) in [7, 11) is 1.75. The lowest BCUT2D eigenvalue weighted by Crippen LogP contribution is -2.43. The second-order valence-electron chi connectivity index (χ2n) is 13.6. The minimum Gasteiger partial charge on any atom is -0.493 e. The van der Waals surface area contributed by atoms with Crippen LogP contribution in [0.15, 0.2) is 54.7 Å². The van der Waals surface area contributed by atoms with Gasteiger partial charge in [-0.1, -0.05) is 35.3 Å². The van der Waals surface area contributed by atoms with Crippen LogP contribution >= 0.6 is 23.2 Å². The van der Waals surface area contributed by atoms with E-state index in [9.17, 15) is 9.59 Å². The zero-order valence-electron chi connectivity index (χ0n) is 31.3. The van der Waals surface area contributed by atoms with Gasteiger partial charge in [-0.05, 0) is 125 Å². The van der Waals surface area contributed by atoms with Crippen LogP contribution in [0.1, 0.15) is 68.6 Å². The van der Waals surface area contributed by atoms with Crippen LogP contribution < -0.4 is 19.5 Å². The van der Waals surface area contributed by atoms with Crippen LogP contribution in [0.4, 0.5) is 0 Å². The summed E-state index contributed by atoms with van der Waals surface area (Å²) in [6, 6.07) is 16.1. The van der Waals surface area contributed by atoms with Crippen LogP contribution in [0.5, 0.6) is 17.4 Å². The maximum atomic E-state index is 13.2. The largest absolute Gasteiger partial charge is 0.493 e. The van der Waals surface area contributed by atoms with E-state index in [1.54, 1.807) is 26.3 Å². The van der Waals surface area contributed by atoms with Crippen molar-refractivity contribution in [1.82, 2.24) is 15.2 Å². The molecule has 3 aliphatic rings. The van der Waals surface area contributed by atoms with Crippen molar-refractivity contribution in [3.63, 3.8) is 0 Å². The average molecular weight is 773 g/mol. The molecule has 0 bridgehead atoms.